The molecule has 5 heteroatoms. The maximum absolute atomic E-state index is 12.0. The second kappa shape index (κ2) is 5.00. The molecule has 2 rings (SSSR count). The zero-order chi connectivity index (χ0) is 13.3. The number of hydrogen-bond donors (Lipinski definition) is 2. The third-order valence-corrected chi connectivity index (χ3v) is 3.89. The molecule has 2 aromatic rings. The van der Waals surface area contributed by atoms with Crippen molar-refractivity contribution in [2.24, 2.45) is 0 Å². The molecule has 0 unspecified atom stereocenters. The van der Waals surface area contributed by atoms with Gasteiger partial charge in [0.05, 0.1) is 9.21 Å². The predicted octanol–water partition coefficient (Wildman–Crippen LogP) is 3.85. The summed E-state index contributed by atoms with van der Waals surface area (Å²) < 4.78 is 0.597. The Balaban J connectivity index is 2.24. The van der Waals surface area contributed by atoms with Gasteiger partial charge in [0.25, 0.3) is 5.91 Å². The number of nitrogens with two attached hydrogens (primary N) is 1. The number of halogens is 1. The normalized spacial score (nSPS) is 10.4. The van der Waals surface area contributed by atoms with Crippen molar-refractivity contribution in [3.05, 3.63) is 44.6 Å². The third kappa shape index (κ3) is 2.66. The summed E-state index contributed by atoms with van der Waals surface area (Å²) in [5, 5.41) is 2.84. The largest absolute Gasteiger partial charge is 0.398 e. The van der Waals surface area contributed by atoms with Gasteiger partial charge in [0.15, 0.2) is 0 Å². The fourth-order valence-corrected chi connectivity index (χ4v) is 2.56. The van der Waals surface area contributed by atoms with Crippen LogP contribution in [0.5, 0.6) is 0 Å². The third-order valence-electron chi connectivity index (χ3n) is 2.66. The summed E-state index contributed by atoms with van der Waals surface area (Å²) in [6.45, 7) is 3.87. The average molecular weight is 281 g/mol. The molecule has 0 atom stereocenters. The minimum absolute atomic E-state index is 0.168. The summed E-state index contributed by atoms with van der Waals surface area (Å²) in [5.74, 6) is -0.168. The number of rotatable bonds is 2. The van der Waals surface area contributed by atoms with Crippen molar-refractivity contribution >= 4 is 40.2 Å². The lowest BCUT2D eigenvalue weighted by Crippen LogP contribution is -2.11. The van der Waals surface area contributed by atoms with Gasteiger partial charge in [-0.3, -0.25) is 4.79 Å². The van der Waals surface area contributed by atoms with Crippen LogP contribution in [-0.2, 0) is 0 Å². The van der Waals surface area contributed by atoms with Crippen LogP contribution in [0.4, 0.5) is 11.4 Å². The Hall–Kier alpha value is -1.52. The van der Waals surface area contributed by atoms with Gasteiger partial charge < -0.3 is 11.1 Å². The lowest BCUT2D eigenvalue weighted by atomic mass is 10.1. The van der Waals surface area contributed by atoms with Crippen molar-refractivity contribution < 1.29 is 4.79 Å². The van der Waals surface area contributed by atoms with Gasteiger partial charge in [-0.05, 0) is 43.2 Å². The summed E-state index contributed by atoms with van der Waals surface area (Å²) in [5.41, 5.74) is 9.22. The first-order valence-corrected chi connectivity index (χ1v) is 6.60. The van der Waals surface area contributed by atoms with Gasteiger partial charge in [-0.25, -0.2) is 0 Å². The Kier molecular flexibility index (Phi) is 3.59. The van der Waals surface area contributed by atoms with E-state index in [1.54, 1.807) is 18.2 Å². The molecule has 1 amide bonds. The van der Waals surface area contributed by atoms with E-state index in [0.29, 0.717) is 14.9 Å². The Morgan fingerprint density at radius 2 is 2.00 bits per heavy atom. The monoisotopic (exact) mass is 280 g/mol. The summed E-state index contributed by atoms with van der Waals surface area (Å²) in [6, 6.07) is 7.14. The zero-order valence-corrected chi connectivity index (χ0v) is 11.7. The maximum atomic E-state index is 12.0. The highest BCUT2D eigenvalue weighted by Crippen LogP contribution is 2.25. The van der Waals surface area contributed by atoms with Gasteiger partial charge in [0.1, 0.15) is 0 Å². The standard InChI is InChI=1S/C13H13ClN2OS/c1-7-5-8(2)10(6-9(7)15)16-13(17)11-3-4-12(14)18-11/h3-6H,15H2,1-2H3,(H,16,17). The number of aryl methyl sites for hydroxylation is 2. The maximum Gasteiger partial charge on any atom is 0.265 e. The molecule has 1 aromatic heterocycles. The highest BCUT2D eigenvalue weighted by atomic mass is 35.5. The van der Waals surface area contributed by atoms with Gasteiger partial charge in [0, 0.05) is 11.4 Å². The number of nitrogens with one attached hydrogen (secondary N) is 1. The molecule has 0 fully saturated rings. The number of anilines is 2. The quantitative estimate of drug-likeness (QED) is 0.821. The Morgan fingerprint density at radius 1 is 1.28 bits per heavy atom. The summed E-state index contributed by atoms with van der Waals surface area (Å²) in [4.78, 5) is 12.6. The van der Waals surface area contributed by atoms with E-state index in [2.05, 4.69) is 5.32 Å². The molecule has 0 bridgehead atoms. The van der Waals surface area contributed by atoms with E-state index >= 15 is 0 Å². The molecule has 0 aliphatic rings. The topological polar surface area (TPSA) is 55.1 Å². The van der Waals surface area contributed by atoms with Gasteiger partial charge >= 0.3 is 0 Å². The molecule has 1 aromatic carbocycles. The van der Waals surface area contributed by atoms with E-state index in [1.807, 2.05) is 19.9 Å². The van der Waals surface area contributed by atoms with Gasteiger partial charge in [-0.15, -0.1) is 11.3 Å². The highest BCUT2D eigenvalue weighted by molar-refractivity contribution is 7.18. The van der Waals surface area contributed by atoms with Crippen LogP contribution in [0.25, 0.3) is 0 Å². The lowest BCUT2D eigenvalue weighted by Gasteiger charge is -2.10. The molecule has 94 valence electrons. The zero-order valence-electron chi connectivity index (χ0n) is 10.1. The SMILES string of the molecule is Cc1cc(C)c(NC(=O)c2ccc(Cl)s2)cc1N. The molecule has 0 aliphatic heterocycles. The molecule has 18 heavy (non-hydrogen) atoms. The molecule has 0 saturated heterocycles. The number of hydrogen-bond acceptors (Lipinski definition) is 3. The van der Waals surface area contributed by atoms with Gasteiger partial charge in [-0.1, -0.05) is 17.7 Å². The summed E-state index contributed by atoms with van der Waals surface area (Å²) >= 11 is 7.05. The lowest BCUT2D eigenvalue weighted by molar-refractivity contribution is 0.103. The van der Waals surface area contributed by atoms with Gasteiger partial charge in [0.2, 0.25) is 0 Å². The van der Waals surface area contributed by atoms with Crippen LogP contribution in [0, 0.1) is 13.8 Å². The number of amides is 1. The van der Waals surface area contributed by atoms with E-state index in [4.69, 9.17) is 17.3 Å². The molecular weight excluding hydrogens is 268 g/mol. The minimum atomic E-state index is -0.168. The van der Waals surface area contributed by atoms with Crippen LogP contribution in [0.15, 0.2) is 24.3 Å². The summed E-state index contributed by atoms with van der Waals surface area (Å²) in [7, 11) is 0. The van der Waals surface area contributed by atoms with Crippen LogP contribution in [0.1, 0.15) is 20.8 Å². The van der Waals surface area contributed by atoms with E-state index in [9.17, 15) is 4.79 Å². The molecule has 0 saturated carbocycles. The second-order valence-corrected chi connectivity index (χ2v) is 5.80. The predicted molar refractivity (Wildman–Crippen MR) is 77.6 cm³/mol. The van der Waals surface area contributed by atoms with Crippen molar-refractivity contribution in [1.82, 2.24) is 0 Å². The molecule has 0 spiro atoms. The van der Waals surface area contributed by atoms with Crippen LogP contribution < -0.4 is 11.1 Å². The first-order valence-electron chi connectivity index (χ1n) is 5.41. The van der Waals surface area contributed by atoms with Crippen molar-refractivity contribution in [2.75, 3.05) is 11.1 Å². The first-order chi connectivity index (χ1) is 8.47. The van der Waals surface area contributed by atoms with Crippen molar-refractivity contribution in [1.29, 1.82) is 0 Å². The first kappa shape index (κ1) is 12.9. The number of carbonyl (C=O) groups is 1. The minimum Gasteiger partial charge on any atom is -0.398 e. The fourth-order valence-electron chi connectivity index (χ4n) is 1.62. The number of carbonyl (C=O) groups excluding carboxylic acids is 1. The molecule has 3 nitrogen and oxygen atoms in total. The summed E-state index contributed by atoms with van der Waals surface area (Å²) in [6.07, 6.45) is 0. The Bertz CT molecular complexity index is 607. The number of nitrogen functional groups attached to an aromatic ring is 1. The fraction of sp³-hybridized carbons (Fsp3) is 0.154. The van der Waals surface area contributed by atoms with Gasteiger partial charge in [-0.2, -0.15) is 0 Å². The van der Waals surface area contributed by atoms with E-state index in [-0.39, 0.29) is 5.91 Å². The average Bonchev–Trinajstić information content (AvgIpc) is 2.73. The second-order valence-electron chi connectivity index (χ2n) is 4.08. The van der Waals surface area contributed by atoms with Crippen LogP contribution >= 0.6 is 22.9 Å². The molecule has 0 aliphatic carbocycles. The van der Waals surface area contributed by atoms with E-state index in [1.165, 1.54) is 11.3 Å². The molecule has 1 heterocycles. The van der Waals surface area contributed by atoms with Crippen LogP contribution in [0.2, 0.25) is 4.34 Å². The Labute approximate surface area is 115 Å². The molecular formula is C13H13ClN2OS. The highest BCUT2D eigenvalue weighted by Gasteiger charge is 2.11. The van der Waals surface area contributed by atoms with E-state index in [0.717, 1.165) is 16.8 Å². The van der Waals surface area contributed by atoms with Crippen LogP contribution in [-0.4, -0.2) is 5.91 Å². The Morgan fingerprint density at radius 3 is 2.61 bits per heavy atom. The number of benzene rings is 1. The molecule has 3 N–H and O–H groups in total. The van der Waals surface area contributed by atoms with Crippen LogP contribution in [0.3, 0.4) is 0 Å². The van der Waals surface area contributed by atoms with Crippen molar-refractivity contribution in [3.8, 4) is 0 Å². The van der Waals surface area contributed by atoms with Crippen molar-refractivity contribution in [2.45, 2.75) is 13.8 Å². The molecule has 0 radical (unpaired) electrons. The van der Waals surface area contributed by atoms with Crippen molar-refractivity contribution in [3.63, 3.8) is 0 Å². The smallest absolute Gasteiger partial charge is 0.265 e. The number of thiophene rings is 1. The van der Waals surface area contributed by atoms with E-state index < -0.39 is 0 Å².